The summed E-state index contributed by atoms with van der Waals surface area (Å²) in [6.07, 6.45) is 0.0713. The smallest absolute Gasteiger partial charge is 0.241 e. The number of amides is 1. The summed E-state index contributed by atoms with van der Waals surface area (Å²) in [5, 5.41) is 1.50. The lowest BCUT2D eigenvalue weighted by atomic mass is 10.4. The van der Waals surface area contributed by atoms with Gasteiger partial charge in [0.05, 0.1) is 4.90 Å². The lowest BCUT2D eigenvalue weighted by Gasteiger charge is -2.12. The predicted octanol–water partition coefficient (Wildman–Crippen LogP) is 0.710. The Balaban J connectivity index is 2.58. The number of hydrazine groups is 1. The van der Waals surface area contributed by atoms with Gasteiger partial charge >= 0.3 is 0 Å². The van der Waals surface area contributed by atoms with Crippen molar-refractivity contribution < 1.29 is 13.2 Å². The van der Waals surface area contributed by atoms with E-state index in [1.807, 2.05) is 0 Å². The quantitative estimate of drug-likeness (QED) is 0.741. The summed E-state index contributed by atoms with van der Waals surface area (Å²) in [5.74, 6) is -0.250. The highest BCUT2D eigenvalue weighted by atomic mass is 79.9. The molecule has 0 aromatic heterocycles. The number of benzene rings is 1. The van der Waals surface area contributed by atoms with Gasteiger partial charge in [0.25, 0.3) is 0 Å². The minimum Gasteiger partial charge on any atom is -0.289 e. The molecule has 0 fully saturated rings. The lowest BCUT2D eigenvalue weighted by molar-refractivity contribution is -0.124. The first-order chi connectivity index (χ1) is 8.83. The Bertz CT molecular complexity index is 546. The number of carbonyl (C=O) groups excluding carboxylic acids is 1. The monoisotopic (exact) mass is 349 g/mol. The molecule has 0 aliphatic rings. The van der Waals surface area contributed by atoms with Gasteiger partial charge in [0, 0.05) is 31.5 Å². The maximum atomic E-state index is 12.0. The molecule has 2 N–H and O–H groups in total. The molecule has 1 aromatic carbocycles. The fourth-order valence-electron chi connectivity index (χ4n) is 1.34. The van der Waals surface area contributed by atoms with Crippen molar-refractivity contribution in [2.45, 2.75) is 11.3 Å². The van der Waals surface area contributed by atoms with Crippen LogP contribution in [0.4, 0.5) is 0 Å². The number of hydrogen-bond donors (Lipinski definition) is 2. The summed E-state index contributed by atoms with van der Waals surface area (Å²) in [6.45, 7) is 0.0450. The average molecular weight is 350 g/mol. The van der Waals surface area contributed by atoms with E-state index in [-0.39, 0.29) is 23.8 Å². The fourth-order valence-corrected chi connectivity index (χ4v) is 3.38. The molecule has 0 atom stereocenters. The molecule has 0 saturated carbocycles. The normalized spacial score (nSPS) is 11.6. The van der Waals surface area contributed by atoms with E-state index < -0.39 is 10.0 Å². The van der Waals surface area contributed by atoms with Crippen molar-refractivity contribution in [3.8, 4) is 0 Å². The fraction of sp³-hybridized carbons (Fsp3) is 0.364. The molecule has 0 aliphatic carbocycles. The Hall–Kier alpha value is -0.960. The highest BCUT2D eigenvalue weighted by Crippen LogP contribution is 2.20. The van der Waals surface area contributed by atoms with Crippen LogP contribution in [0.2, 0.25) is 0 Å². The molecular formula is C11H16BrN3O3S. The summed E-state index contributed by atoms with van der Waals surface area (Å²) in [5.41, 5.74) is 2.53. The van der Waals surface area contributed by atoms with Crippen molar-refractivity contribution in [3.63, 3.8) is 0 Å². The van der Waals surface area contributed by atoms with E-state index >= 15 is 0 Å². The maximum absolute atomic E-state index is 12.0. The van der Waals surface area contributed by atoms with Gasteiger partial charge in [0.2, 0.25) is 15.9 Å². The molecular weight excluding hydrogens is 334 g/mol. The molecule has 1 aromatic rings. The number of rotatable bonds is 6. The van der Waals surface area contributed by atoms with Crippen molar-refractivity contribution in [1.29, 1.82) is 0 Å². The first-order valence-electron chi connectivity index (χ1n) is 5.54. The summed E-state index contributed by atoms with van der Waals surface area (Å²) < 4.78 is 26.8. The van der Waals surface area contributed by atoms with Gasteiger partial charge in [0.15, 0.2) is 0 Å². The van der Waals surface area contributed by atoms with Gasteiger partial charge in [-0.1, -0.05) is 12.1 Å². The van der Waals surface area contributed by atoms with Crippen molar-refractivity contribution in [1.82, 2.24) is 15.2 Å². The SMILES string of the molecule is CN(C)NC(=O)CCNS(=O)(=O)c1ccccc1Br. The topological polar surface area (TPSA) is 78.5 Å². The molecule has 8 heteroatoms. The van der Waals surface area contributed by atoms with Crippen molar-refractivity contribution >= 4 is 31.9 Å². The zero-order valence-corrected chi connectivity index (χ0v) is 13.1. The van der Waals surface area contributed by atoms with Crippen LogP contribution in [0.1, 0.15) is 6.42 Å². The molecule has 19 heavy (non-hydrogen) atoms. The lowest BCUT2D eigenvalue weighted by Crippen LogP contribution is -2.38. The molecule has 106 valence electrons. The van der Waals surface area contributed by atoms with Crippen molar-refractivity contribution in [2.75, 3.05) is 20.6 Å². The van der Waals surface area contributed by atoms with Crippen LogP contribution >= 0.6 is 15.9 Å². The average Bonchev–Trinajstić information content (AvgIpc) is 2.27. The minimum atomic E-state index is -3.61. The largest absolute Gasteiger partial charge is 0.289 e. The molecule has 1 rings (SSSR count). The van der Waals surface area contributed by atoms with Crippen molar-refractivity contribution in [2.24, 2.45) is 0 Å². The predicted molar refractivity (Wildman–Crippen MR) is 75.8 cm³/mol. The number of nitrogens with one attached hydrogen (secondary N) is 2. The van der Waals surface area contributed by atoms with E-state index in [9.17, 15) is 13.2 Å². The maximum Gasteiger partial charge on any atom is 0.241 e. The van der Waals surface area contributed by atoms with Gasteiger partial charge < -0.3 is 0 Å². The van der Waals surface area contributed by atoms with Gasteiger partial charge in [-0.3, -0.25) is 10.2 Å². The zero-order chi connectivity index (χ0) is 14.5. The first-order valence-corrected chi connectivity index (χ1v) is 7.81. The highest BCUT2D eigenvalue weighted by molar-refractivity contribution is 9.10. The summed E-state index contributed by atoms with van der Waals surface area (Å²) in [4.78, 5) is 11.5. The second-order valence-electron chi connectivity index (χ2n) is 4.01. The van der Waals surface area contributed by atoms with Crippen LogP contribution in [0.5, 0.6) is 0 Å². The molecule has 0 aliphatic heterocycles. The third-order valence-electron chi connectivity index (χ3n) is 2.12. The van der Waals surface area contributed by atoms with E-state index in [4.69, 9.17) is 0 Å². The van der Waals surface area contributed by atoms with E-state index in [0.717, 1.165) is 0 Å². The van der Waals surface area contributed by atoms with E-state index in [1.54, 1.807) is 32.3 Å². The third kappa shape index (κ3) is 5.27. The number of carbonyl (C=O) groups is 1. The van der Waals surface area contributed by atoms with Crippen LogP contribution in [0.15, 0.2) is 33.6 Å². The summed E-state index contributed by atoms with van der Waals surface area (Å²) >= 11 is 3.18. The molecule has 0 heterocycles. The highest BCUT2D eigenvalue weighted by Gasteiger charge is 2.16. The Labute approximate surface area is 121 Å². The Morgan fingerprint density at radius 1 is 1.32 bits per heavy atom. The van der Waals surface area contributed by atoms with Crippen LogP contribution in [0.25, 0.3) is 0 Å². The van der Waals surface area contributed by atoms with Crippen LogP contribution in [0.3, 0.4) is 0 Å². The molecule has 0 unspecified atom stereocenters. The molecule has 1 amide bonds. The molecule has 0 saturated heterocycles. The van der Waals surface area contributed by atoms with Gasteiger partial charge in [0.1, 0.15) is 0 Å². The van der Waals surface area contributed by atoms with Gasteiger partial charge in [-0.2, -0.15) is 0 Å². The second kappa shape index (κ2) is 6.99. The zero-order valence-electron chi connectivity index (χ0n) is 10.7. The Kier molecular flexibility index (Phi) is 5.92. The standard InChI is InChI=1S/C11H16BrN3O3S/c1-15(2)14-11(16)7-8-13-19(17,18)10-6-4-3-5-9(10)12/h3-6,13H,7-8H2,1-2H3,(H,14,16). The number of halogens is 1. The summed E-state index contributed by atoms with van der Waals surface area (Å²) in [6, 6.07) is 6.51. The first kappa shape index (κ1) is 16.1. The summed E-state index contributed by atoms with van der Waals surface area (Å²) in [7, 11) is -0.238. The third-order valence-corrected chi connectivity index (χ3v) is 4.59. The Morgan fingerprint density at radius 3 is 2.53 bits per heavy atom. The van der Waals surface area contributed by atoms with Gasteiger partial charge in [-0.15, -0.1) is 0 Å². The number of hydrogen-bond acceptors (Lipinski definition) is 4. The van der Waals surface area contributed by atoms with Gasteiger partial charge in [-0.25, -0.2) is 18.1 Å². The molecule has 0 bridgehead atoms. The number of sulfonamides is 1. The van der Waals surface area contributed by atoms with Crippen molar-refractivity contribution in [3.05, 3.63) is 28.7 Å². The van der Waals surface area contributed by atoms with E-state index in [1.165, 1.54) is 11.1 Å². The van der Waals surface area contributed by atoms with E-state index in [0.29, 0.717) is 4.47 Å². The molecule has 0 radical (unpaired) electrons. The second-order valence-corrected chi connectivity index (χ2v) is 6.60. The number of nitrogens with zero attached hydrogens (tertiary/aromatic N) is 1. The van der Waals surface area contributed by atoms with E-state index in [2.05, 4.69) is 26.1 Å². The minimum absolute atomic E-state index is 0.0450. The van der Waals surface area contributed by atoms with Gasteiger partial charge in [-0.05, 0) is 28.1 Å². The van der Waals surface area contributed by atoms with Crippen LogP contribution in [0, 0.1) is 0 Å². The molecule has 6 nitrogen and oxygen atoms in total. The van der Waals surface area contributed by atoms with Crippen LogP contribution < -0.4 is 10.1 Å². The van der Waals surface area contributed by atoms with Crippen LogP contribution in [-0.2, 0) is 14.8 Å². The van der Waals surface area contributed by atoms with Crippen LogP contribution in [-0.4, -0.2) is 40.0 Å². The Morgan fingerprint density at radius 2 is 1.95 bits per heavy atom. The molecule has 0 spiro atoms.